The number of methoxy groups -OCH3 is 3. The zero-order valence-corrected chi connectivity index (χ0v) is 17.7. The normalized spacial score (nSPS) is 11.6. The number of rotatable bonds is 9. The molecule has 0 heterocycles. The number of ether oxygens (including phenoxy) is 3. The average molecular weight is 418 g/mol. The fraction of sp³-hybridized carbons (Fsp3) is 0.364. The molecule has 0 aliphatic carbocycles. The molecule has 2 N–H and O–H groups in total. The smallest absolute Gasteiger partial charge is 0.251 e. The van der Waals surface area contributed by atoms with Gasteiger partial charge in [0.15, 0.2) is 11.5 Å². The Kier molecular flexibility index (Phi) is 8.03. The van der Waals surface area contributed by atoms with Crippen molar-refractivity contribution in [2.45, 2.75) is 26.4 Å². The van der Waals surface area contributed by atoms with E-state index < -0.39 is 17.8 Å². The van der Waals surface area contributed by atoms with Crippen molar-refractivity contribution in [1.82, 2.24) is 10.6 Å². The van der Waals surface area contributed by atoms with E-state index in [1.165, 1.54) is 45.6 Å². The number of benzene rings is 2. The van der Waals surface area contributed by atoms with E-state index in [0.29, 0.717) is 17.2 Å². The minimum atomic E-state index is -0.760. The molecule has 0 bridgehead atoms. The lowest BCUT2D eigenvalue weighted by molar-refractivity contribution is -0.124. The maximum Gasteiger partial charge on any atom is 0.251 e. The summed E-state index contributed by atoms with van der Waals surface area (Å²) in [6.45, 7) is 3.86. The molecule has 7 nitrogen and oxygen atoms in total. The molecule has 0 saturated heterocycles. The van der Waals surface area contributed by atoms with Crippen LogP contribution in [0.25, 0.3) is 0 Å². The van der Waals surface area contributed by atoms with Gasteiger partial charge in [-0.3, -0.25) is 9.59 Å². The molecule has 0 spiro atoms. The minimum Gasteiger partial charge on any atom is -0.493 e. The van der Waals surface area contributed by atoms with Gasteiger partial charge in [0.1, 0.15) is 11.9 Å². The molecular weight excluding hydrogens is 391 g/mol. The topological polar surface area (TPSA) is 85.9 Å². The molecular formula is C22H27FN2O5. The summed E-state index contributed by atoms with van der Waals surface area (Å²) in [4.78, 5) is 25.2. The first kappa shape index (κ1) is 23.0. The van der Waals surface area contributed by atoms with Gasteiger partial charge in [-0.2, -0.15) is 0 Å². The third-order valence-corrected chi connectivity index (χ3v) is 4.53. The van der Waals surface area contributed by atoms with Crippen molar-refractivity contribution in [2.75, 3.05) is 21.3 Å². The third-order valence-electron chi connectivity index (χ3n) is 4.53. The van der Waals surface area contributed by atoms with Crippen molar-refractivity contribution in [2.24, 2.45) is 5.92 Å². The van der Waals surface area contributed by atoms with Crippen LogP contribution in [-0.4, -0.2) is 39.2 Å². The van der Waals surface area contributed by atoms with Crippen molar-refractivity contribution >= 4 is 11.8 Å². The summed E-state index contributed by atoms with van der Waals surface area (Å²) in [7, 11) is 4.54. The molecule has 8 heteroatoms. The molecule has 0 radical (unpaired) electrons. The zero-order chi connectivity index (χ0) is 22.3. The molecule has 2 rings (SSSR count). The second-order valence-corrected chi connectivity index (χ2v) is 6.95. The van der Waals surface area contributed by atoms with Gasteiger partial charge < -0.3 is 24.8 Å². The van der Waals surface area contributed by atoms with Crippen LogP contribution in [0.5, 0.6) is 17.2 Å². The first-order chi connectivity index (χ1) is 14.3. The van der Waals surface area contributed by atoms with Crippen LogP contribution in [0.15, 0.2) is 36.4 Å². The van der Waals surface area contributed by atoms with Gasteiger partial charge in [-0.15, -0.1) is 0 Å². The van der Waals surface area contributed by atoms with Gasteiger partial charge >= 0.3 is 0 Å². The summed E-state index contributed by atoms with van der Waals surface area (Å²) in [6, 6.07) is 7.86. The molecule has 0 saturated carbocycles. The van der Waals surface area contributed by atoms with E-state index in [2.05, 4.69) is 10.6 Å². The van der Waals surface area contributed by atoms with Gasteiger partial charge in [-0.1, -0.05) is 13.8 Å². The third kappa shape index (κ3) is 5.62. The van der Waals surface area contributed by atoms with Crippen molar-refractivity contribution in [3.8, 4) is 17.2 Å². The van der Waals surface area contributed by atoms with Crippen molar-refractivity contribution in [1.29, 1.82) is 0 Å². The standard InChI is InChI=1S/C22H27FN2O5/c1-13(2)19(25-21(26)15-6-8-16(23)9-7-15)22(27)24-12-14-10-17(28-3)20(30-5)18(11-14)29-4/h6-11,13,19H,12H2,1-5H3,(H,24,27)(H,25,26)/t19-/m0/s1. The molecule has 2 aromatic rings. The largest absolute Gasteiger partial charge is 0.493 e. The van der Waals surface area contributed by atoms with Gasteiger partial charge in [0.2, 0.25) is 11.7 Å². The summed E-state index contributed by atoms with van der Waals surface area (Å²) in [5.74, 6) is 0.0363. The van der Waals surface area contributed by atoms with E-state index in [9.17, 15) is 14.0 Å². The van der Waals surface area contributed by atoms with Crippen LogP contribution in [0.4, 0.5) is 4.39 Å². The fourth-order valence-electron chi connectivity index (χ4n) is 2.90. The lowest BCUT2D eigenvalue weighted by Gasteiger charge is -2.22. The van der Waals surface area contributed by atoms with Crippen LogP contribution >= 0.6 is 0 Å². The molecule has 0 aliphatic heterocycles. The Labute approximate surface area is 175 Å². The van der Waals surface area contributed by atoms with Crippen LogP contribution in [0.3, 0.4) is 0 Å². The molecule has 2 aromatic carbocycles. The number of halogens is 1. The fourth-order valence-corrected chi connectivity index (χ4v) is 2.90. The molecule has 0 unspecified atom stereocenters. The van der Waals surface area contributed by atoms with Crippen LogP contribution in [0.1, 0.15) is 29.8 Å². The van der Waals surface area contributed by atoms with Crippen LogP contribution < -0.4 is 24.8 Å². The predicted octanol–water partition coefficient (Wildman–Crippen LogP) is 2.92. The molecule has 0 aliphatic rings. The first-order valence-corrected chi connectivity index (χ1v) is 9.43. The molecule has 162 valence electrons. The Morgan fingerprint density at radius 1 is 0.967 bits per heavy atom. The Hall–Kier alpha value is -3.29. The Balaban J connectivity index is 2.10. The minimum absolute atomic E-state index is 0.158. The molecule has 2 amide bonds. The van der Waals surface area contributed by atoms with Gasteiger partial charge in [-0.25, -0.2) is 4.39 Å². The highest BCUT2D eigenvalue weighted by Crippen LogP contribution is 2.38. The Morgan fingerprint density at radius 3 is 2.00 bits per heavy atom. The van der Waals surface area contributed by atoms with Gasteiger partial charge in [-0.05, 0) is 47.9 Å². The monoisotopic (exact) mass is 418 g/mol. The highest BCUT2D eigenvalue weighted by Gasteiger charge is 2.25. The predicted molar refractivity (Wildman–Crippen MR) is 110 cm³/mol. The van der Waals surface area contributed by atoms with Crippen molar-refractivity contribution < 1.29 is 28.2 Å². The first-order valence-electron chi connectivity index (χ1n) is 9.43. The molecule has 0 aromatic heterocycles. The second-order valence-electron chi connectivity index (χ2n) is 6.95. The number of amides is 2. The summed E-state index contributed by atoms with van der Waals surface area (Å²) < 4.78 is 29.0. The number of hydrogen-bond donors (Lipinski definition) is 2. The second kappa shape index (κ2) is 10.5. The van der Waals surface area contributed by atoms with E-state index in [0.717, 1.165) is 5.56 Å². The molecule has 30 heavy (non-hydrogen) atoms. The summed E-state index contributed by atoms with van der Waals surface area (Å²) in [5.41, 5.74) is 1.02. The van der Waals surface area contributed by atoms with Crippen molar-refractivity contribution in [3.63, 3.8) is 0 Å². The highest BCUT2D eigenvalue weighted by atomic mass is 19.1. The van der Waals surface area contributed by atoms with Crippen molar-refractivity contribution in [3.05, 3.63) is 53.3 Å². The maximum atomic E-state index is 13.1. The molecule has 1 atom stereocenters. The quantitative estimate of drug-likeness (QED) is 0.654. The summed E-state index contributed by atoms with van der Waals surface area (Å²) >= 11 is 0. The summed E-state index contributed by atoms with van der Waals surface area (Å²) in [5, 5.41) is 5.53. The number of carbonyl (C=O) groups excluding carboxylic acids is 2. The highest BCUT2D eigenvalue weighted by molar-refractivity contribution is 5.97. The Morgan fingerprint density at radius 2 is 1.53 bits per heavy atom. The average Bonchev–Trinajstić information content (AvgIpc) is 2.74. The lowest BCUT2D eigenvalue weighted by atomic mass is 10.0. The van der Waals surface area contributed by atoms with Crippen LogP contribution in [0, 0.1) is 11.7 Å². The van der Waals surface area contributed by atoms with Gasteiger partial charge in [0.05, 0.1) is 21.3 Å². The van der Waals surface area contributed by atoms with Crippen LogP contribution in [0.2, 0.25) is 0 Å². The van der Waals surface area contributed by atoms with Crippen LogP contribution in [-0.2, 0) is 11.3 Å². The van der Waals surface area contributed by atoms with E-state index in [1.807, 2.05) is 13.8 Å². The van der Waals surface area contributed by atoms with Gasteiger partial charge in [0.25, 0.3) is 5.91 Å². The number of hydrogen-bond acceptors (Lipinski definition) is 5. The zero-order valence-electron chi connectivity index (χ0n) is 17.7. The van der Waals surface area contributed by atoms with E-state index in [4.69, 9.17) is 14.2 Å². The number of carbonyl (C=O) groups is 2. The maximum absolute atomic E-state index is 13.1. The van der Waals surface area contributed by atoms with Gasteiger partial charge in [0, 0.05) is 12.1 Å². The summed E-state index contributed by atoms with van der Waals surface area (Å²) in [6.07, 6.45) is 0. The Bertz CT molecular complexity index is 859. The molecule has 0 fully saturated rings. The van der Waals surface area contributed by atoms with E-state index in [1.54, 1.807) is 12.1 Å². The van der Waals surface area contributed by atoms with E-state index >= 15 is 0 Å². The van der Waals surface area contributed by atoms with E-state index in [-0.39, 0.29) is 23.9 Å². The number of nitrogens with one attached hydrogen (secondary N) is 2. The SMILES string of the molecule is COc1cc(CNC(=O)[C@@H](NC(=O)c2ccc(F)cc2)C(C)C)cc(OC)c1OC. The lowest BCUT2D eigenvalue weighted by Crippen LogP contribution is -2.49.